The SMILES string of the molecule is C=C(C)CN(CC)C(=O)CNc1ccc(C(=O)OCCCC)cc1. The van der Waals surface area contributed by atoms with Crippen LogP contribution in [0.2, 0.25) is 0 Å². The van der Waals surface area contributed by atoms with Crippen molar-refractivity contribution in [1.82, 2.24) is 4.90 Å². The fourth-order valence-corrected chi connectivity index (χ4v) is 2.11. The largest absolute Gasteiger partial charge is 0.462 e. The molecule has 0 heterocycles. The normalized spacial score (nSPS) is 10.1. The van der Waals surface area contributed by atoms with Gasteiger partial charge in [-0.25, -0.2) is 4.79 Å². The van der Waals surface area contributed by atoms with Crippen LogP contribution < -0.4 is 5.32 Å². The number of amides is 1. The summed E-state index contributed by atoms with van der Waals surface area (Å²) >= 11 is 0. The summed E-state index contributed by atoms with van der Waals surface area (Å²) in [7, 11) is 0. The first kappa shape index (κ1) is 19.7. The molecule has 0 aliphatic heterocycles. The van der Waals surface area contributed by atoms with E-state index in [2.05, 4.69) is 11.9 Å². The topological polar surface area (TPSA) is 58.6 Å². The van der Waals surface area contributed by atoms with E-state index in [1.165, 1.54) is 0 Å². The van der Waals surface area contributed by atoms with E-state index in [4.69, 9.17) is 4.74 Å². The van der Waals surface area contributed by atoms with Crippen molar-refractivity contribution in [3.05, 3.63) is 42.0 Å². The van der Waals surface area contributed by atoms with Crippen molar-refractivity contribution in [2.45, 2.75) is 33.6 Å². The summed E-state index contributed by atoms with van der Waals surface area (Å²) in [5, 5.41) is 3.08. The molecule has 24 heavy (non-hydrogen) atoms. The molecule has 0 saturated heterocycles. The lowest BCUT2D eigenvalue weighted by atomic mass is 10.2. The molecular weight excluding hydrogens is 304 g/mol. The zero-order valence-electron chi connectivity index (χ0n) is 14.9. The quantitative estimate of drug-likeness (QED) is 0.405. The Balaban J connectivity index is 2.50. The Morgan fingerprint density at radius 1 is 1.21 bits per heavy atom. The maximum absolute atomic E-state index is 12.2. The molecule has 1 aromatic carbocycles. The van der Waals surface area contributed by atoms with E-state index in [1.807, 2.05) is 20.8 Å². The Hall–Kier alpha value is -2.30. The van der Waals surface area contributed by atoms with Crippen LogP contribution in [0.1, 0.15) is 44.0 Å². The van der Waals surface area contributed by atoms with Crippen LogP contribution in [0.25, 0.3) is 0 Å². The van der Waals surface area contributed by atoms with Gasteiger partial charge in [0.2, 0.25) is 5.91 Å². The fraction of sp³-hybridized carbons (Fsp3) is 0.474. The first-order valence-electron chi connectivity index (χ1n) is 8.41. The van der Waals surface area contributed by atoms with Crippen molar-refractivity contribution in [2.24, 2.45) is 0 Å². The van der Waals surface area contributed by atoms with Crippen molar-refractivity contribution in [1.29, 1.82) is 0 Å². The molecule has 0 fully saturated rings. The minimum Gasteiger partial charge on any atom is -0.462 e. The third-order valence-corrected chi connectivity index (χ3v) is 3.49. The molecule has 0 unspecified atom stereocenters. The summed E-state index contributed by atoms with van der Waals surface area (Å²) in [5.74, 6) is -0.298. The second-order valence-electron chi connectivity index (χ2n) is 5.79. The van der Waals surface area contributed by atoms with Gasteiger partial charge in [-0.15, -0.1) is 0 Å². The number of hydrogen-bond acceptors (Lipinski definition) is 4. The summed E-state index contributed by atoms with van der Waals surface area (Å²) in [5.41, 5.74) is 2.26. The van der Waals surface area contributed by atoms with Crippen LogP contribution in [0.5, 0.6) is 0 Å². The van der Waals surface area contributed by atoms with Gasteiger partial charge in [0.25, 0.3) is 0 Å². The lowest BCUT2D eigenvalue weighted by Crippen LogP contribution is -2.36. The number of hydrogen-bond donors (Lipinski definition) is 1. The number of anilines is 1. The molecule has 0 radical (unpaired) electrons. The fourth-order valence-electron chi connectivity index (χ4n) is 2.11. The minimum absolute atomic E-state index is 0.0172. The van der Waals surface area contributed by atoms with E-state index in [0.717, 1.165) is 24.1 Å². The van der Waals surface area contributed by atoms with Crippen molar-refractivity contribution in [2.75, 3.05) is 31.6 Å². The van der Waals surface area contributed by atoms with Gasteiger partial charge in [0.05, 0.1) is 18.7 Å². The third kappa shape index (κ3) is 6.86. The molecule has 132 valence electrons. The number of rotatable bonds is 10. The number of benzene rings is 1. The van der Waals surface area contributed by atoms with Crippen LogP contribution in [0.3, 0.4) is 0 Å². The molecule has 1 rings (SSSR count). The van der Waals surface area contributed by atoms with Crippen LogP contribution in [0, 0.1) is 0 Å². The van der Waals surface area contributed by atoms with Gasteiger partial charge in [0.15, 0.2) is 0 Å². The molecule has 0 bridgehead atoms. The lowest BCUT2D eigenvalue weighted by Gasteiger charge is -2.21. The van der Waals surface area contributed by atoms with E-state index in [-0.39, 0.29) is 18.4 Å². The van der Waals surface area contributed by atoms with E-state index in [9.17, 15) is 9.59 Å². The Morgan fingerprint density at radius 3 is 2.42 bits per heavy atom. The summed E-state index contributed by atoms with van der Waals surface area (Å²) in [4.78, 5) is 25.7. The van der Waals surface area contributed by atoms with Crippen LogP contribution in [0.4, 0.5) is 5.69 Å². The highest BCUT2D eigenvalue weighted by molar-refractivity contribution is 5.90. The van der Waals surface area contributed by atoms with Gasteiger partial charge in [0.1, 0.15) is 0 Å². The molecule has 1 aromatic rings. The van der Waals surface area contributed by atoms with Crippen LogP contribution in [0.15, 0.2) is 36.4 Å². The van der Waals surface area contributed by atoms with Crippen LogP contribution in [-0.4, -0.2) is 43.0 Å². The molecule has 0 spiro atoms. The van der Waals surface area contributed by atoms with Gasteiger partial charge in [-0.05, 0) is 44.5 Å². The van der Waals surface area contributed by atoms with Crippen LogP contribution in [-0.2, 0) is 9.53 Å². The number of ether oxygens (including phenoxy) is 1. The molecule has 0 aliphatic rings. The van der Waals surface area contributed by atoms with Gasteiger partial charge in [-0.3, -0.25) is 4.79 Å². The smallest absolute Gasteiger partial charge is 0.338 e. The second kappa shape index (κ2) is 10.5. The molecule has 0 aromatic heterocycles. The van der Waals surface area contributed by atoms with Gasteiger partial charge >= 0.3 is 5.97 Å². The van der Waals surface area contributed by atoms with Gasteiger partial charge in [-0.2, -0.15) is 0 Å². The zero-order valence-corrected chi connectivity index (χ0v) is 14.9. The van der Waals surface area contributed by atoms with Gasteiger partial charge in [-0.1, -0.05) is 25.5 Å². The number of unbranched alkanes of at least 4 members (excludes halogenated alkanes) is 1. The summed E-state index contributed by atoms with van der Waals surface area (Å²) in [6.45, 7) is 11.6. The maximum Gasteiger partial charge on any atom is 0.338 e. The first-order valence-corrected chi connectivity index (χ1v) is 8.41. The molecule has 0 saturated carbocycles. The average Bonchev–Trinajstić information content (AvgIpc) is 2.58. The molecule has 0 atom stereocenters. The Kier molecular flexibility index (Phi) is 8.61. The molecule has 1 N–H and O–H groups in total. The molecule has 0 aliphatic carbocycles. The Morgan fingerprint density at radius 2 is 1.88 bits per heavy atom. The standard InChI is InChI=1S/C19H28N2O3/c1-5-7-12-24-19(23)16-8-10-17(11-9-16)20-13-18(22)21(6-2)14-15(3)4/h8-11,20H,3,5-7,12-14H2,1-2,4H3. The summed E-state index contributed by atoms with van der Waals surface area (Å²) in [6.07, 6.45) is 1.86. The molecular formula is C19H28N2O3. The van der Waals surface area contributed by atoms with Crippen molar-refractivity contribution in [3.63, 3.8) is 0 Å². The van der Waals surface area contributed by atoms with E-state index >= 15 is 0 Å². The number of esters is 1. The number of carbonyl (C=O) groups excluding carboxylic acids is 2. The summed E-state index contributed by atoms with van der Waals surface area (Å²) in [6, 6.07) is 6.95. The average molecular weight is 332 g/mol. The Labute approximate surface area is 144 Å². The number of nitrogens with zero attached hydrogens (tertiary/aromatic N) is 1. The Bertz CT molecular complexity index is 552. The molecule has 1 amide bonds. The minimum atomic E-state index is -0.315. The number of likely N-dealkylation sites (N-methyl/N-ethyl adjacent to an activating group) is 1. The molecule has 5 heteroatoms. The lowest BCUT2D eigenvalue weighted by molar-refractivity contribution is -0.128. The predicted octanol–water partition coefficient (Wildman–Crippen LogP) is 3.48. The van der Waals surface area contributed by atoms with E-state index in [1.54, 1.807) is 29.2 Å². The van der Waals surface area contributed by atoms with E-state index in [0.29, 0.717) is 25.3 Å². The van der Waals surface area contributed by atoms with Crippen LogP contribution >= 0.6 is 0 Å². The predicted molar refractivity (Wildman–Crippen MR) is 97.2 cm³/mol. The number of nitrogens with one attached hydrogen (secondary N) is 1. The van der Waals surface area contributed by atoms with Gasteiger partial charge in [0, 0.05) is 18.8 Å². The molecule has 5 nitrogen and oxygen atoms in total. The maximum atomic E-state index is 12.2. The highest BCUT2D eigenvalue weighted by atomic mass is 16.5. The highest BCUT2D eigenvalue weighted by Gasteiger charge is 2.11. The van der Waals surface area contributed by atoms with Gasteiger partial charge < -0.3 is 15.0 Å². The van der Waals surface area contributed by atoms with E-state index < -0.39 is 0 Å². The monoisotopic (exact) mass is 332 g/mol. The van der Waals surface area contributed by atoms with Crippen molar-refractivity contribution < 1.29 is 14.3 Å². The van der Waals surface area contributed by atoms with Crippen molar-refractivity contribution >= 4 is 17.6 Å². The second-order valence-corrected chi connectivity index (χ2v) is 5.79. The third-order valence-electron chi connectivity index (χ3n) is 3.49. The summed E-state index contributed by atoms with van der Waals surface area (Å²) < 4.78 is 5.16. The number of carbonyl (C=O) groups is 2. The first-order chi connectivity index (χ1) is 11.5. The zero-order chi connectivity index (χ0) is 17.9. The highest BCUT2D eigenvalue weighted by Crippen LogP contribution is 2.11. The van der Waals surface area contributed by atoms with Crippen molar-refractivity contribution in [3.8, 4) is 0 Å².